The van der Waals surface area contributed by atoms with Crippen LogP contribution < -0.4 is 0 Å². The third-order valence-corrected chi connectivity index (χ3v) is 7.89. The third kappa shape index (κ3) is 4.50. The number of methoxy groups -OCH3 is 1. The Kier molecular flexibility index (Phi) is 8.12. The number of aliphatic hydroxyl groups is 3. The molecule has 0 aromatic carbocycles. The summed E-state index contributed by atoms with van der Waals surface area (Å²) < 4.78 is 23.6. The summed E-state index contributed by atoms with van der Waals surface area (Å²) in [7, 11) is 1.45. The smallest absolute Gasteiger partial charge is 0.237 e. The van der Waals surface area contributed by atoms with E-state index in [0.717, 1.165) is 4.90 Å². The van der Waals surface area contributed by atoms with Crippen LogP contribution >= 0.6 is 0 Å². The van der Waals surface area contributed by atoms with Crippen molar-refractivity contribution < 1.29 is 43.9 Å². The normalized spacial score (nSPS) is 45.7. The molecule has 196 valence electrons. The minimum absolute atomic E-state index is 0.322. The first-order valence-corrected chi connectivity index (χ1v) is 12.5. The van der Waals surface area contributed by atoms with Crippen molar-refractivity contribution in [3.63, 3.8) is 0 Å². The Bertz CT molecular complexity index is 815. The molecule has 4 aliphatic rings. The maximum absolute atomic E-state index is 13.4. The fourth-order valence-corrected chi connectivity index (χ4v) is 5.87. The number of aliphatic hydroxyl groups excluding tert-OH is 3. The number of ether oxygens (including phenoxy) is 4. The van der Waals surface area contributed by atoms with Gasteiger partial charge in [0.25, 0.3) is 0 Å². The van der Waals surface area contributed by atoms with E-state index in [1.165, 1.54) is 7.11 Å². The molecule has 1 aliphatic carbocycles. The van der Waals surface area contributed by atoms with E-state index in [9.17, 15) is 24.9 Å². The van der Waals surface area contributed by atoms with E-state index >= 15 is 0 Å². The topological polar surface area (TPSA) is 135 Å². The molecular weight excluding hydrogens is 458 g/mol. The van der Waals surface area contributed by atoms with Gasteiger partial charge in [0, 0.05) is 18.9 Å². The quantitative estimate of drug-likeness (QED) is 0.428. The number of carbonyl (C=O) groups is 2. The standard InChI is InChI=1S/C25H37NO9/c1-5-13-16(6-2)33-25(35-21-17(11-27)34-24(32-4)12(3)19(21)28)18(20(13)29)26-22(30)14-9-7-8-10-15(14)23(26)31/h7-10,12-21,24-25,27-29H,5-6,11H2,1-4H3. The van der Waals surface area contributed by atoms with E-state index in [0.29, 0.717) is 12.8 Å². The molecule has 3 saturated heterocycles. The molecule has 12 unspecified atom stereocenters. The highest BCUT2D eigenvalue weighted by molar-refractivity contribution is 6.07. The summed E-state index contributed by atoms with van der Waals surface area (Å²) in [6.45, 7) is 5.12. The summed E-state index contributed by atoms with van der Waals surface area (Å²) in [5.74, 6) is -2.92. The van der Waals surface area contributed by atoms with Crippen molar-refractivity contribution in [1.29, 1.82) is 0 Å². The fraction of sp³-hybridized carbons (Fsp3) is 0.760. The average molecular weight is 496 g/mol. The van der Waals surface area contributed by atoms with Gasteiger partial charge in [-0.1, -0.05) is 45.1 Å². The predicted molar refractivity (Wildman–Crippen MR) is 122 cm³/mol. The molecule has 0 aromatic heterocycles. The number of amides is 2. The van der Waals surface area contributed by atoms with E-state index in [1.54, 1.807) is 31.2 Å². The van der Waals surface area contributed by atoms with Crippen LogP contribution in [0.4, 0.5) is 0 Å². The summed E-state index contributed by atoms with van der Waals surface area (Å²) in [4.78, 5) is 27.8. The molecule has 0 saturated carbocycles. The first-order chi connectivity index (χ1) is 16.8. The van der Waals surface area contributed by atoms with Crippen LogP contribution in [0.5, 0.6) is 0 Å². The number of imide groups is 1. The van der Waals surface area contributed by atoms with Crippen LogP contribution in [0, 0.1) is 23.7 Å². The molecule has 35 heavy (non-hydrogen) atoms. The Morgan fingerprint density at radius 3 is 2.06 bits per heavy atom. The molecule has 0 spiro atoms. The van der Waals surface area contributed by atoms with Crippen molar-refractivity contribution in [2.75, 3.05) is 13.7 Å². The Hall–Kier alpha value is -1.66. The Morgan fingerprint density at radius 1 is 0.943 bits per heavy atom. The van der Waals surface area contributed by atoms with Gasteiger partial charge in [-0.3, -0.25) is 14.5 Å². The minimum atomic E-state index is -1.22. The molecule has 2 amide bonds. The lowest BCUT2D eigenvalue weighted by Crippen LogP contribution is -2.66. The van der Waals surface area contributed by atoms with Crippen LogP contribution in [0.1, 0.15) is 33.6 Å². The molecule has 10 heteroatoms. The minimum Gasteiger partial charge on any atom is -0.394 e. The molecule has 3 aliphatic heterocycles. The number of carbonyl (C=O) groups excluding carboxylic acids is 2. The molecule has 0 radical (unpaired) electrons. The van der Waals surface area contributed by atoms with Gasteiger partial charge in [0.1, 0.15) is 18.2 Å². The molecule has 10 nitrogen and oxygen atoms in total. The van der Waals surface area contributed by atoms with Gasteiger partial charge in [-0.15, -0.1) is 0 Å². The lowest BCUT2D eigenvalue weighted by atomic mass is 9.83. The number of fused-ring (bicyclic) bond motifs is 1. The van der Waals surface area contributed by atoms with Crippen molar-refractivity contribution in [2.24, 2.45) is 23.7 Å². The van der Waals surface area contributed by atoms with E-state index in [2.05, 4.69) is 0 Å². The van der Waals surface area contributed by atoms with Crippen molar-refractivity contribution in [3.8, 4) is 0 Å². The zero-order valence-electron chi connectivity index (χ0n) is 20.6. The van der Waals surface area contributed by atoms with Gasteiger partial charge in [0.2, 0.25) is 11.8 Å². The van der Waals surface area contributed by atoms with Crippen LogP contribution in [-0.4, -0.2) is 94.9 Å². The second-order valence-corrected chi connectivity index (χ2v) is 9.78. The summed E-state index contributed by atoms with van der Waals surface area (Å²) >= 11 is 0. The summed E-state index contributed by atoms with van der Waals surface area (Å²) in [6.07, 6.45) is 1.50. The number of allylic oxidation sites excluding steroid dienone is 2. The second kappa shape index (κ2) is 10.8. The molecule has 3 N–H and O–H groups in total. The number of hydrogen-bond donors (Lipinski definition) is 3. The van der Waals surface area contributed by atoms with Gasteiger partial charge in [-0.05, 0) is 12.8 Å². The molecule has 4 rings (SSSR count). The van der Waals surface area contributed by atoms with Crippen LogP contribution in [-0.2, 0) is 28.5 Å². The van der Waals surface area contributed by atoms with Gasteiger partial charge in [-0.25, -0.2) is 0 Å². The van der Waals surface area contributed by atoms with Crippen molar-refractivity contribution >= 4 is 11.8 Å². The second-order valence-electron chi connectivity index (χ2n) is 9.78. The van der Waals surface area contributed by atoms with Crippen molar-refractivity contribution in [3.05, 3.63) is 24.3 Å². The van der Waals surface area contributed by atoms with Gasteiger partial charge in [0.15, 0.2) is 12.6 Å². The third-order valence-electron chi connectivity index (χ3n) is 7.89. The number of rotatable bonds is 7. The van der Waals surface area contributed by atoms with E-state index in [-0.39, 0.29) is 12.0 Å². The Balaban J connectivity index is 1.67. The Morgan fingerprint density at radius 2 is 1.54 bits per heavy atom. The van der Waals surface area contributed by atoms with Crippen molar-refractivity contribution in [1.82, 2.24) is 4.90 Å². The highest BCUT2D eigenvalue weighted by Gasteiger charge is 2.57. The summed E-state index contributed by atoms with van der Waals surface area (Å²) in [5.41, 5.74) is 0. The highest BCUT2D eigenvalue weighted by atomic mass is 16.7. The fourth-order valence-electron chi connectivity index (χ4n) is 5.87. The highest BCUT2D eigenvalue weighted by Crippen LogP contribution is 2.41. The van der Waals surface area contributed by atoms with Crippen LogP contribution in [0.15, 0.2) is 24.3 Å². The largest absolute Gasteiger partial charge is 0.394 e. The maximum Gasteiger partial charge on any atom is 0.237 e. The zero-order chi connectivity index (χ0) is 25.4. The van der Waals surface area contributed by atoms with Gasteiger partial charge in [-0.2, -0.15) is 0 Å². The molecule has 0 bridgehead atoms. The molecule has 0 aromatic rings. The van der Waals surface area contributed by atoms with Gasteiger partial charge in [0.05, 0.1) is 36.8 Å². The number of nitrogens with zero attached hydrogens (tertiary/aromatic N) is 1. The first-order valence-electron chi connectivity index (χ1n) is 12.5. The number of likely N-dealkylation sites (tertiary alicyclic amines) is 1. The van der Waals surface area contributed by atoms with Gasteiger partial charge < -0.3 is 34.3 Å². The molecule has 3 heterocycles. The SMILES string of the molecule is CCC1OC(OC2C(CO)OC(OC)C(C)C2O)C(N2C(=O)C3C=CC=CC3C2=O)C(O)C1CC. The average Bonchev–Trinajstić information content (AvgIpc) is 3.12. The Labute approximate surface area is 205 Å². The molecule has 3 fully saturated rings. The first kappa shape index (κ1) is 26.4. The van der Waals surface area contributed by atoms with Crippen LogP contribution in [0.2, 0.25) is 0 Å². The zero-order valence-corrected chi connectivity index (χ0v) is 20.6. The van der Waals surface area contributed by atoms with Gasteiger partial charge >= 0.3 is 0 Å². The molecular formula is C25H37NO9. The van der Waals surface area contributed by atoms with Crippen LogP contribution in [0.3, 0.4) is 0 Å². The van der Waals surface area contributed by atoms with Crippen LogP contribution in [0.25, 0.3) is 0 Å². The van der Waals surface area contributed by atoms with E-state index in [4.69, 9.17) is 18.9 Å². The summed E-state index contributed by atoms with van der Waals surface area (Å²) in [6, 6.07) is -1.11. The van der Waals surface area contributed by atoms with E-state index < -0.39 is 79.2 Å². The monoisotopic (exact) mass is 495 g/mol. The lowest BCUT2D eigenvalue weighted by molar-refractivity contribution is -0.336. The molecule has 12 atom stereocenters. The lowest BCUT2D eigenvalue weighted by Gasteiger charge is -2.50. The van der Waals surface area contributed by atoms with E-state index in [1.807, 2.05) is 13.8 Å². The summed E-state index contributed by atoms with van der Waals surface area (Å²) in [5, 5.41) is 32.4. The number of hydrogen-bond acceptors (Lipinski definition) is 9. The predicted octanol–water partition coefficient (Wildman–Crippen LogP) is 0.350. The maximum atomic E-state index is 13.4. The van der Waals surface area contributed by atoms with Crippen molar-refractivity contribution in [2.45, 2.75) is 82.8 Å².